The zero-order chi connectivity index (χ0) is 24.2. The summed E-state index contributed by atoms with van der Waals surface area (Å²) in [5, 5.41) is 9.19. The van der Waals surface area contributed by atoms with Gasteiger partial charge in [-0.2, -0.15) is 10.2 Å². The molecule has 0 saturated carbocycles. The van der Waals surface area contributed by atoms with Crippen molar-refractivity contribution in [3.63, 3.8) is 0 Å². The molecule has 1 aliphatic heterocycles. The van der Waals surface area contributed by atoms with Crippen LogP contribution in [0.25, 0.3) is 16.9 Å². The zero-order valence-electron chi connectivity index (χ0n) is 19.4. The topological polar surface area (TPSA) is 91.5 Å². The summed E-state index contributed by atoms with van der Waals surface area (Å²) in [4.78, 5) is 26.5. The van der Waals surface area contributed by atoms with Gasteiger partial charge in [0, 0.05) is 36.4 Å². The third-order valence-corrected chi connectivity index (χ3v) is 5.42. The van der Waals surface area contributed by atoms with Gasteiger partial charge >= 0.3 is 11.9 Å². The fourth-order valence-electron chi connectivity index (χ4n) is 3.67. The molecule has 0 N–H and O–H groups in total. The van der Waals surface area contributed by atoms with Gasteiger partial charge in [0.05, 0.1) is 36.9 Å². The van der Waals surface area contributed by atoms with Crippen LogP contribution in [0.15, 0.2) is 78.4 Å². The highest BCUT2D eigenvalue weighted by molar-refractivity contribution is 6.05. The Labute approximate surface area is 197 Å². The van der Waals surface area contributed by atoms with Crippen molar-refractivity contribution < 1.29 is 19.1 Å². The summed E-state index contributed by atoms with van der Waals surface area (Å²) in [6.07, 6.45) is 10.5. The Hall–Kier alpha value is -4.40. The summed E-state index contributed by atoms with van der Waals surface area (Å²) in [6, 6.07) is 9.39. The predicted octanol–water partition coefficient (Wildman–Crippen LogP) is 3.55. The van der Waals surface area contributed by atoms with Crippen LogP contribution in [0, 0.1) is 6.92 Å². The molecular formula is C25H25N5O4. The second-order valence-electron chi connectivity index (χ2n) is 7.46. The van der Waals surface area contributed by atoms with Gasteiger partial charge < -0.3 is 14.4 Å². The summed E-state index contributed by atoms with van der Waals surface area (Å²) in [5.74, 6) is -1.28. The number of carbonyl (C=O) groups excluding carboxylic acids is 2. The lowest BCUT2D eigenvalue weighted by atomic mass is 10.1. The number of hydrogen-bond acceptors (Lipinski definition) is 7. The van der Waals surface area contributed by atoms with Crippen molar-refractivity contribution in [1.82, 2.24) is 19.6 Å². The van der Waals surface area contributed by atoms with Gasteiger partial charge in [-0.3, -0.25) is 4.68 Å². The molecular weight excluding hydrogens is 434 g/mol. The number of benzene rings is 1. The first-order valence-corrected chi connectivity index (χ1v) is 10.7. The maximum Gasteiger partial charge on any atom is 0.355 e. The van der Waals surface area contributed by atoms with E-state index in [1.807, 2.05) is 61.3 Å². The minimum Gasteiger partial charge on any atom is -0.465 e. The minimum atomic E-state index is -0.652. The molecule has 0 unspecified atom stereocenters. The van der Waals surface area contributed by atoms with Gasteiger partial charge in [0.15, 0.2) is 0 Å². The first kappa shape index (κ1) is 22.8. The predicted molar refractivity (Wildman–Crippen MR) is 127 cm³/mol. The highest BCUT2D eigenvalue weighted by atomic mass is 16.5. The molecule has 3 aromatic rings. The van der Waals surface area contributed by atoms with Crippen molar-refractivity contribution in [3.8, 4) is 16.9 Å². The number of rotatable bonds is 6. The molecule has 0 bridgehead atoms. The first-order chi connectivity index (χ1) is 16.5. The molecule has 4 rings (SSSR count). The monoisotopic (exact) mass is 459 g/mol. The number of hydrogen-bond donors (Lipinski definition) is 0. The van der Waals surface area contributed by atoms with Gasteiger partial charge in [-0.15, -0.1) is 0 Å². The molecule has 34 heavy (non-hydrogen) atoms. The number of ether oxygens (including phenoxy) is 2. The molecule has 0 radical (unpaired) electrons. The van der Waals surface area contributed by atoms with Crippen LogP contribution in [0.2, 0.25) is 0 Å². The lowest BCUT2D eigenvalue weighted by Crippen LogP contribution is -2.26. The maximum atomic E-state index is 12.6. The normalized spacial score (nSPS) is 13.2. The number of esters is 2. The van der Waals surface area contributed by atoms with Gasteiger partial charge in [0.25, 0.3) is 0 Å². The average molecular weight is 460 g/mol. The average Bonchev–Trinajstić information content (AvgIpc) is 3.43. The molecule has 0 spiro atoms. The van der Waals surface area contributed by atoms with Gasteiger partial charge in [-0.25, -0.2) is 14.3 Å². The highest BCUT2D eigenvalue weighted by Gasteiger charge is 2.27. The van der Waals surface area contributed by atoms with E-state index < -0.39 is 11.9 Å². The Morgan fingerprint density at radius 3 is 2.29 bits per heavy atom. The van der Waals surface area contributed by atoms with E-state index in [4.69, 9.17) is 14.6 Å². The first-order valence-electron chi connectivity index (χ1n) is 10.7. The number of methoxy groups -OCH3 is 2. The van der Waals surface area contributed by atoms with E-state index in [-0.39, 0.29) is 11.3 Å². The van der Waals surface area contributed by atoms with Gasteiger partial charge in [0.2, 0.25) is 0 Å². The van der Waals surface area contributed by atoms with Crippen molar-refractivity contribution >= 4 is 17.6 Å². The Morgan fingerprint density at radius 2 is 1.65 bits per heavy atom. The van der Waals surface area contributed by atoms with Gasteiger partial charge in [-0.05, 0) is 56.3 Å². The van der Waals surface area contributed by atoms with Crippen LogP contribution in [0.3, 0.4) is 0 Å². The number of anilines is 1. The lowest BCUT2D eigenvalue weighted by molar-refractivity contribution is -0.139. The largest absolute Gasteiger partial charge is 0.465 e. The second kappa shape index (κ2) is 9.62. The van der Waals surface area contributed by atoms with E-state index in [0.717, 1.165) is 29.2 Å². The highest BCUT2D eigenvalue weighted by Crippen LogP contribution is 2.28. The van der Waals surface area contributed by atoms with Gasteiger partial charge in [-0.1, -0.05) is 6.08 Å². The third kappa shape index (κ3) is 4.27. The third-order valence-electron chi connectivity index (χ3n) is 5.42. The van der Waals surface area contributed by atoms with E-state index in [0.29, 0.717) is 5.69 Å². The van der Waals surface area contributed by atoms with Crippen molar-refractivity contribution in [2.45, 2.75) is 20.4 Å². The van der Waals surface area contributed by atoms with Crippen LogP contribution in [-0.4, -0.2) is 45.7 Å². The van der Waals surface area contributed by atoms with Crippen LogP contribution in [-0.2, 0) is 25.6 Å². The molecule has 9 heteroatoms. The summed E-state index contributed by atoms with van der Waals surface area (Å²) in [5.41, 5.74) is 4.42. The molecule has 0 fully saturated rings. The SMILES string of the molecule is CCn1cc(-c2ccn(-c3ccc(N4C=CC=CC(C(=O)OC)=C4C(=O)OC)cc3)n2)c(C)n1. The molecule has 2 aromatic heterocycles. The van der Waals surface area contributed by atoms with E-state index in [9.17, 15) is 9.59 Å². The fourth-order valence-corrected chi connectivity index (χ4v) is 3.67. The van der Waals surface area contributed by atoms with Crippen molar-refractivity contribution in [1.29, 1.82) is 0 Å². The van der Waals surface area contributed by atoms with Crippen LogP contribution >= 0.6 is 0 Å². The standard InChI is InChI=1S/C25H25N5O4/c1-5-28-16-21(17(2)26-28)22-13-15-30(27-22)19-11-9-18(10-12-19)29-14-7-6-8-20(24(31)33-3)23(29)25(32)34-4/h6-16H,5H2,1-4H3. The van der Waals surface area contributed by atoms with E-state index >= 15 is 0 Å². The molecule has 3 heterocycles. The molecule has 0 amide bonds. The maximum absolute atomic E-state index is 12.6. The number of allylic oxidation sites excluding steroid dienone is 2. The molecule has 9 nitrogen and oxygen atoms in total. The van der Waals surface area contributed by atoms with Crippen molar-refractivity contribution in [2.24, 2.45) is 0 Å². The lowest BCUT2D eigenvalue weighted by Gasteiger charge is -2.23. The fraction of sp³-hybridized carbons (Fsp3) is 0.200. The Kier molecular flexibility index (Phi) is 6.44. The summed E-state index contributed by atoms with van der Waals surface area (Å²) in [6.45, 7) is 4.80. The van der Waals surface area contributed by atoms with E-state index in [1.165, 1.54) is 20.3 Å². The molecule has 174 valence electrons. The molecule has 0 atom stereocenters. The summed E-state index contributed by atoms with van der Waals surface area (Å²) in [7, 11) is 2.54. The van der Waals surface area contributed by atoms with E-state index in [2.05, 4.69) is 5.10 Å². The molecule has 1 aliphatic rings. The number of carbonyl (C=O) groups is 2. The van der Waals surface area contributed by atoms with Crippen LogP contribution in [0.4, 0.5) is 5.69 Å². The number of nitrogens with zero attached hydrogens (tertiary/aromatic N) is 5. The van der Waals surface area contributed by atoms with Crippen molar-refractivity contribution in [3.05, 3.63) is 84.1 Å². The number of aromatic nitrogens is 4. The van der Waals surface area contributed by atoms with Crippen LogP contribution < -0.4 is 4.90 Å². The van der Waals surface area contributed by atoms with E-state index in [1.54, 1.807) is 27.9 Å². The zero-order valence-corrected chi connectivity index (χ0v) is 19.4. The van der Waals surface area contributed by atoms with Gasteiger partial charge in [0.1, 0.15) is 5.70 Å². The second-order valence-corrected chi connectivity index (χ2v) is 7.46. The van der Waals surface area contributed by atoms with Crippen LogP contribution in [0.1, 0.15) is 12.6 Å². The Morgan fingerprint density at radius 1 is 0.941 bits per heavy atom. The minimum absolute atomic E-state index is 0.0666. The Balaban J connectivity index is 1.67. The summed E-state index contributed by atoms with van der Waals surface area (Å²) >= 11 is 0. The summed E-state index contributed by atoms with van der Waals surface area (Å²) < 4.78 is 13.5. The molecule has 0 saturated heterocycles. The molecule has 0 aliphatic carbocycles. The van der Waals surface area contributed by atoms with Crippen LogP contribution in [0.5, 0.6) is 0 Å². The molecule has 1 aromatic carbocycles. The Bertz CT molecular complexity index is 1310. The quantitative estimate of drug-likeness (QED) is 0.521. The smallest absolute Gasteiger partial charge is 0.355 e. The van der Waals surface area contributed by atoms with Crippen molar-refractivity contribution in [2.75, 3.05) is 19.1 Å². The number of aryl methyl sites for hydroxylation is 2.